The lowest BCUT2D eigenvalue weighted by atomic mass is 9.98. The molecule has 146 valence electrons. The van der Waals surface area contributed by atoms with Gasteiger partial charge in [0.15, 0.2) is 11.9 Å². The fourth-order valence-corrected chi connectivity index (χ4v) is 4.12. The molecule has 1 saturated heterocycles. The lowest BCUT2D eigenvalue weighted by Gasteiger charge is -2.40. The lowest BCUT2D eigenvalue weighted by Crippen LogP contribution is -2.55. The minimum atomic E-state index is -0.775. The van der Waals surface area contributed by atoms with Gasteiger partial charge in [-0.15, -0.1) is 10.2 Å². The van der Waals surface area contributed by atoms with Crippen LogP contribution in [-0.2, 0) is 33.8 Å². The minimum Gasteiger partial charge on any atom is -0.356 e. The number of amides is 2. The summed E-state index contributed by atoms with van der Waals surface area (Å²) in [6.45, 7) is 1.10. The van der Waals surface area contributed by atoms with E-state index in [0.717, 1.165) is 49.4 Å². The van der Waals surface area contributed by atoms with Crippen molar-refractivity contribution in [3.05, 3.63) is 41.7 Å². The standard InChI is InChI=1S/C19H22N6O3/c26-16-11-28-18(17(25(16)13-5-6-13)12-3-1-7-20-9-12)19(27)21-10-15-23-22-14-4-2-8-24(14)15/h1,3,7,9,13,17-18H,2,4-6,8,10-11H2,(H,21,27)/t17-,18+/m1/s1. The van der Waals surface area contributed by atoms with E-state index in [9.17, 15) is 9.59 Å². The van der Waals surface area contributed by atoms with Crippen LogP contribution in [0.4, 0.5) is 0 Å². The highest BCUT2D eigenvalue weighted by Gasteiger charge is 2.47. The van der Waals surface area contributed by atoms with Crippen molar-refractivity contribution in [2.45, 2.75) is 57.0 Å². The van der Waals surface area contributed by atoms with E-state index < -0.39 is 12.1 Å². The molecule has 2 aliphatic heterocycles. The Kier molecular flexibility index (Phi) is 4.31. The maximum absolute atomic E-state index is 13.0. The number of aryl methyl sites for hydroxylation is 1. The van der Waals surface area contributed by atoms with E-state index in [4.69, 9.17) is 4.74 Å². The Morgan fingerprint density at radius 2 is 2.21 bits per heavy atom. The SMILES string of the molecule is O=C(NCc1nnc2n1CCC2)[C@H]1OCC(=O)N(C2CC2)[C@@H]1c1cccnc1. The number of carbonyl (C=O) groups excluding carboxylic acids is 2. The fourth-order valence-electron chi connectivity index (χ4n) is 4.12. The zero-order valence-corrected chi connectivity index (χ0v) is 15.5. The van der Waals surface area contributed by atoms with Crippen molar-refractivity contribution in [2.24, 2.45) is 0 Å². The minimum absolute atomic E-state index is 0.0734. The van der Waals surface area contributed by atoms with Gasteiger partial charge < -0.3 is 19.5 Å². The molecule has 0 aromatic carbocycles. The molecular weight excluding hydrogens is 360 g/mol. The van der Waals surface area contributed by atoms with E-state index in [0.29, 0.717) is 6.54 Å². The van der Waals surface area contributed by atoms with E-state index in [1.807, 2.05) is 17.0 Å². The molecule has 2 aromatic rings. The molecule has 9 heteroatoms. The van der Waals surface area contributed by atoms with Gasteiger partial charge in [0, 0.05) is 31.4 Å². The molecule has 3 aliphatic rings. The van der Waals surface area contributed by atoms with Crippen molar-refractivity contribution in [1.82, 2.24) is 30.0 Å². The van der Waals surface area contributed by atoms with Gasteiger partial charge in [0.05, 0.1) is 12.6 Å². The van der Waals surface area contributed by atoms with Crippen molar-refractivity contribution in [1.29, 1.82) is 0 Å². The van der Waals surface area contributed by atoms with Crippen LogP contribution < -0.4 is 5.32 Å². The van der Waals surface area contributed by atoms with Crippen LogP contribution >= 0.6 is 0 Å². The molecule has 0 radical (unpaired) electrons. The summed E-state index contributed by atoms with van der Waals surface area (Å²) >= 11 is 0. The Bertz CT molecular complexity index is 894. The fraction of sp³-hybridized carbons (Fsp3) is 0.526. The summed E-state index contributed by atoms with van der Waals surface area (Å²) in [7, 11) is 0. The molecule has 2 aromatic heterocycles. The van der Waals surface area contributed by atoms with Crippen molar-refractivity contribution in [2.75, 3.05) is 6.61 Å². The summed E-state index contributed by atoms with van der Waals surface area (Å²) in [5.74, 6) is 1.40. The predicted molar refractivity (Wildman–Crippen MR) is 96.8 cm³/mol. The Hall–Kier alpha value is -2.81. The summed E-state index contributed by atoms with van der Waals surface area (Å²) in [5, 5.41) is 11.3. The highest BCUT2D eigenvalue weighted by atomic mass is 16.5. The Labute approximate surface area is 162 Å². The van der Waals surface area contributed by atoms with Crippen molar-refractivity contribution in [3.8, 4) is 0 Å². The van der Waals surface area contributed by atoms with Crippen LogP contribution in [0.3, 0.4) is 0 Å². The zero-order valence-electron chi connectivity index (χ0n) is 15.5. The van der Waals surface area contributed by atoms with E-state index in [1.54, 1.807) is 12.4 Å². The molecule has 4 heterocycles. The zero-order chi connectivity index (χ0) is 19.1. The van der Waals surface area contributed by atoms with Crippen LogP contribution in [-0.4, -0.2) is 55.2 Å². The van der Waals surface area contributed by atoms with Gasteiger partial charge in [-0.1, -0.05) is 6.07 Å². The van der Waals surface area contributed by atoms with E-state index in [1.165, 1.54) is 0 Å². The largest absolute Gasteiger partial charge is 0.356 e. The summed E-state index contributed by atoms with van der Waals surface area (Å²) in [5.41, 5.74) is 0.811. The number of aromatic nitrogens is 4. The molecule has 0 spiro atoms. The molecule has 28 heavy (non-hydrogen) atoms. The van der Waals surface area contributed by atoms with Gasteiger partial charge in [-0.25, -0.2) is 0 Å². The average Bonchev–Trinajstić information content (AvgIpc) is 3.31. The summed E-state index contributed by atoms with van der Waals surface area (Å²) in [6.07, 6.45) is 6.51. The number of hydrogen-bond donors (Lipinski definition) is 1. The summed E-state index contributed by atoms with van der Waals surface area (Å²) < 4.78 is 7.77. The third-order valence-corrected chi connectivity index (χ3v) is 5.59. The van der Waals surface area contributed by atoms with Crippen molar-refractivity contribution in [3.63, 3.8) is 0 Å². The number of fused-ring (bicyclic) bond motifs is 1. The molecule has 1 saturated carbocycles. The molecule has 2 atom stereocenters. The first kappa shape index (κ1) is 17.3. The highest BCUT2D eigenvalue weighted by molar-refractivity contribution is 5.86. The lowest BCUT2D eigenvalue weighted by molar-refractivity contribution is -0.165. The van der Waals surface area contributed by atoms with Gasteiger partial charge in [-0.3, -0.25) is 14.6 Å². The van der Waals surface area contributed by atoms with E-state index in [2.05, 4.69) is 25.1 Å². The molecule has 9 nitrogen and oxygen atoms in total. The number of hydrogen-bond acceptors (Lipinski definition) is 6. The molecule has 2 amide bonds. The molecule has 5 rings (SSSR count). The molecule has 0 unspecified atom stereocenters. The molecular formula is C19H22N6O3. The maximum atomic E-state index is 13.0. The molecule has 2 fully saturated rings. The molecule has 1 N–H and O–H groups in total. The number of ether oxygens (including phenoxy) is 1. The predicted octanol–water partition coefficient (Wildman–Crippen LogP) is 0.367. The van der Waals surface area contributed by atoms with Gasteiger partial charge in [0.25, 0.3) is 5.91 Å². The Morgan fingerprint density at radius 3 is 3.00 bits per heavy atom. The molecule has 0 bridgehead atoms. The second-order valence-electron chi connectivity index (χ2n) is 7.50. The summed E-state index contributed by atoms with van der Waals surface area (Å²) in [4.78, 5) is 31.5. The number of nitrogens with zero attached hydrogens (tertiary/aromatic N) is 5. The van der Waals surface area contributed by atoms with Crippen LogP contribution in [0.2, 0.25) is 0 Å². The number of rotatable bonds is 5. The van der Waals surface area contributed by atoms with Gasteiger partial charge >= 0.3 is 0 Å². The first-order valence-electron chi connectivity index (χ1n) is 9.74. The topological polar surface area (TPSA) is 102 Å². The van der Waals surface area contributed by atoms with Crippen LogP contribution in [0.1, 0.15) is 42.5 Å². The highest BCUT2D eigenvalue weighted by Crippen LogP contribution is 2.39. The van der Waals surface area contributed by atoms with Gasteiger partial charge in [-0.2, -0.15) is 0 Å². The first-order chi connectivity index (χ1) is 13.7. The first-order valence-corrected chi connectivity index (χ1v) is 9.74. The number of morpholine rings is 1. The second kappa shape index (κ2) is 6.97. The summed E-state index contributed by atoms with van der Waals surface area (Å²) in [6, 6.07) is 3.41. The van der Waals surface area contributed by atoms with E-state index in [-0.39, 0.29) is 24.5 Å². The normalized spacial score (nSPS) is 24.3. The van der Waals surface area contributed by atoms with Gasteiger partial charge in [0.2, 0.25) is 5.91 Å². The van der Waals surface area contributed by atoms with Crippen LogP contribution in [0.5, 0.6) is 0 Å². The third-order valence-electron chi connectivity index (χ3n) is 5.59. The van der Waals surface area contributed by atoms with Gasteiger partial charge in [0.1, 0.15) is 12.4 Å². The average molecular weight is 382 g/mol. The monoisotopic (exact) mass is 382 g/mol. The van der Waals surface area contributed by atoms with Crippen LogP contribution in [0, 0.1) is 0 Å². The van der Waals surface area contributed by atoms with Crippen LogP contribution in [0.25, 0.3) is 0 Å². The maximum Gasteiger partial charge on any atom is 0.252 e. The van der Waals surface area contributed by atoms with Crippen LogP contribution in [0.15, 0.2) is 24.5 Å². The Morgan fingerprint density at radius 1 is 1.32 bits per heavy atom. The smallest absolute Gasteiger partial charge is 0.252 e. The number of nitrogens with one attached hydrogen (secondary N) is 1. The van der Waals surface area contributed by atoms with Crippen molar-refractivity contribution < 1.29 is 14.3 Å². The molecule has 1 aliphatic carbocycles. The second-order valence-corrected chi connectivity index (χ2v) is 7.50. The number of pyridine rings is 1. The Balaban J connectivity index is 1.37. The quantitative estimate of drug-likeness (QED) is 0.801. The third kappa shape index (κ3) is 3.05. The van der Waals surface area contributed by atoms with Gasteiger partial charge in [-0.05, 0) is 30.9 Å². The van der Waals surface area contributed by atoms with Crippen molar-refractivity contribution >= 4 is 11.8 Å². The number of carbonyl (C=O) groups is 2. The van der Waals surface area contributed by atoms with E-state index >= 15 is 0 Å².